The zero-order chi connectivity index (χ0) is 23.2. The Morgan fingerprint density at radius 3 is 2.32 bits per heavy atom. The molecule has 2 heterocycles. The number of anilines is 1. The molecule has 0 fully saturated rings. The van der Waals surface area contributed by atoms with Crippen molar-refractivity contribution in [1.29, 1.82) is 0 Å². The Kier molecular flexibility index (Phi) is 5.46. The SMILES string of the molecule is CC(C)(O)[C@@H](Nc1cc(C(F)(F)F)nc2ncnn12)c1ccc(OC(F)(F)F)c(F)c1. The summed E-state index contributed by atoms with van der Waals surface area (Å²) < 4.78 is 95.2. The van der Waals surface area contributed by atoms with Gasteiger partial charge in [-0.15, -0.1) is 13.2 Å². The van der Waals surface area contributed by atoms with E-state index >= 15 is 0 Å². The van der Waals surface area contributed by atoms with Gasteiger partial charge in [-0.2, -0.15) is 27.8 Å². The Bertz CT molecular complexity index is 1090. The lowest BCUT2D eigenvalue weighted by Gasteiger charge is -2.31. The topological polar surface area (TPSA) is 84.6 Å². The highest BCUT2D eigenvalue weighted by Gasteiger charge is 2.36. The van der Waals surface area contributed by atoms with Crippen molar-refractivity contribution in [2.45, 2.75) is 38.0 Å². The first kappa shape index (κ1) is 22.5. The van der Waals surface area contributed by atoms with Crippen LogP contribution in [-0.2, 0) is 6.18 Å². The van der Waals surface area contributed by atoms with Crippen LogP contribution in [0.2, 0.25) is 0 Å². The van der Waals surface area contributed by atoms with Crippen molar-refractivity contribution in [2.75, 3.05) is 5.32 Å². The number of nitrogens with zero attached hydrogens (tertiary/aromatic N) is 4. The van der Waals surface area contributed by atoms with E-state index in [9.17, 15) is 35.8 Å². The number of fused-ring (bicyclic) bond motifs is 1. The zero-order valence-corrected chi connectivity index (χ0v) is 15.8. The number of aliphatic hydroxyl groups is 1. The lowest BCUT2D eigenvalue weighted by molar-refractivity contribution is -0.275. The van der Waals surface area contributed by atoms with Gasteiger partial charge in [0.1, 0.15) is 12.1 Å². The van der Waals surface area contributed by atoms with Crippen LogP contribution in [0.3, 0.4) is 0 Å². The van der Waals surface area contributed by atoms with Gasteiger partial charge in [-0.25, -0.2) is 9.37 Å². The zero-order valence-electron chi connectivity index (χ0n) is 15.8. The second-order valence-corrected chi connectivity index (χ2v) is 6.96. The second kappa shape index (κ2) is 7.51. The van der Waals surface area contributed by atoms with E-state index in [-0.39, 0.29) is 11.4 Å². The maximum atomic E-state index is 14.2. The minimum Gasteiger partial charge on any atom is -0.403 e. The molecule has 0 aliphatic heterocycles. The second-order valence-electron chi connectivity index (χ2n) is 6.96. The van der Waals surface area contributed by atoms with Crippen molar-refractivity contribution >= 4 is 11.6 Å². The number of ether oxygens (including phenoxy) is 1. The van der Waals surface area contributed by atoms with Gasteiger partial charge < -0.3 is 15.2 Å². The first-order chi connectivity index (χ1) is 14.1. The van der Waals surface area contributed by atoms with Gasteiger partial charge in [0.2, 0.25) is 0 Å². The van der Waals surface area contributed by atoms with Gasteiger partial charge in [0.15, 0.2) is 17.3 Å². The van der Waals surface area contributed by atoms with Gasteiger partial charge in [0.05, 0.1) is 11.6 Å². The molecule has 3 aromatic rings. The standard InChI is InChI=1S/C17H14F7N5O2/c1-15(2,30)13(8-3-4-10(9(18)5-8)31-17(22,23)24)28-12-6-11(16(19,20)21)27-14-25-7-26-29(12)14/h3-7,13,28,30H,1-2H3/t13-/m0/s1. The quantitative estimate of drug-likeness (QED) is 0.566. The third-order valence-corrected chi connectivity index (χ3v) is 4.06. The molecular weight excluding hydrogens is 439 g/mol. The van der Waals surface area contributed by atoms with Crippen LogP contribution in [0.5, 0.6) is 5.75 Å². The minimum atomic E-state index is -5.13. The smallest absolute Gasteiger partial charge is 0.403 e. The molecule has 2 aromatic heterocycles. The molecule has 0 saturated heterocycles. The molecule has 0 saturated carbocycles. The van der Waals surface area contributed by atoms with Crippen LogP contribution in [-0.4, -0.2) is 36.7 Å². The Labute approximate surface area is 169 Å². The van der Waals surface area contributed by atoms with Crippen molar-refractivity contribution in [1.82, 2.24) is 19.6 Å². The lowest BCUT2D eigenvalue weighted by atomic mass is 9.91. The van der Waals surface area contributed by atoms with Gasteiger partial charge in [0, 0.05) is 6.07 Å². The minimum absolute atomic E-state index is 0.0711. The Morgan fingerprint density at radius 1 is 1.10 bits per heavy atom. The van der Waals surface area contributed by atoms with Gasteiger partial charge in [-0.3, -0.25) is 0 Å². The Hall–Kier alpha value is -3.16. The molecule has 0 amide bonds. The number of alkyl halides is 6. The van der Waals surface area contributed by atoms with E-state index in [0.29, 0.717) is 18.2 Å². The number of hydrogen-bond donors (Lipinski definition) is 2. The van der Waals surface area contributed by atoms with Crippen molar-refractivity contribution < 1.29 is 40.6 Å². The molecular formula is C17H14F7N5O2. The maximum absolute atomic E-state index is 14.2. The van der Waals surface area contributed by atoms with E-state index in [4.69, 9.17) is 0 Å². The van der Waals surface area contributed by atoms with Gasteiger partial charge in [0.25, 0.3) is 5.78 Å². The molecule has 1 aromatic carbocycles. The first-order valence-corrected chi connectivity index (χ1v) is 8.47. The largest absolute Gasteiger partial charge is 0.573 e. The van der Waals surface area contributed by atoms with Crippen molar-refractivity contribution in [3.05, 3.63) is 47.7 Å². The molecule has 7 nitrogen and oxygen atoms in total. The number of hydrogen-bond acceptors (Lipinski definition) is 6. The summed E-state index contributed by atoms with van der Waals surface area (Å²) in [6, 6.07) is 1.72. The molecule has 0 radical (unpaired) electrons. The number of benzene rings is 1. The lowest BCUT2D eigenvalue weighted by Crippen LogP contribution is -2.35. The molecule has 168 valence electrons. The molecule has 0 bridgehead atoms. The van der Waals surface area contributed by atoms with Crippen LogP contribution >= 0.6 is 0 Å². The van der Waals surface area contributed by atoms with E-state index in [0.717, 1.165) is 16.9 Å². The van der Waals surface area contributed by atoms with Gasteiger partial charge in [-0.1, -0.05) is 6.07 Å². The third-order valence-electron chi connectivity index (χ3n) is 4.06. The maximum Gasteiger partial charge on any atom is 0.573 e. The highest BCUT2D eigenvalue weighted by atomic mass is 19.4. The summed E-state index contributed by atoms with van der Waals surface area (Å²) in [6.45, 7) is 2.54. The van der Waals surface area contributed by atoms with Crippen LogP contribution in [0.15, 0.2) is 30.6 Å². The Morgan fingerprint density at radius 2 is 1.77 bits per heavy atom. The average molecular weight is 453 g/mol. The van der Waals surface area contributed by atoms with E-state index in [1.165, 1.54) is 13.8 Å². The predicted octanol–water partition coefficient (Wildman–Crippen LogP) is 4.10. The normalized spacial score (nSPS) is 14.0. The van der Waals surface area contributed by atoms with Gasteiger partial charge >= 0.3 is 12.5 Å². The monoisotopic (exact) mass is 453 g/mol. The average Bonchev–Trinajstić information content (AvgIpc) is 3.07. The van der Waals surface area contributed by atoms with Crippen LogP contribution < -0.4 is 10.1 Å². The van der Waals surface area contributed by atoms with Crippen LogP contribution in [0.25, 0.3) is 5.78 Å². The van der Waals surface area contributed by atoms with Crippen LogP contribution in [0.4, 0.5) is 36.6 Å². The summed E-state index contributed by atoms with van der Waals surface area (Å²) in [6.07, 6.45) is -8.99. The van der Waals surface area contributed by atoms with E-state index in [1.54, 1.807) is 0 Å². The first-order valence-electron chi connectivity index (χ1n) is 8.47. The molecule has 3 rings (SSSR count). The number of halogens is 7. The fourth-order valence-electron chi connectivity index (χ4n) is 2.78. The molecule has 1 atom stereocenters. The summed E-state index contributed by atoms with van der Waals surface area (Å²) in [5.74, 6) is -3.18. The molecule has 2 N–H and O–H groups in total. The summed E-state index contributed by atoms with van der Waals surface area (Å²) in [5.41, 5.74) is -3.09. The molecule has 0 aliphatic rings. The molecule has 0 aliphatic carbocycles. The highest BCUT2D eigenvalue weighted by Crippen LogP contribution is 2.35. The van der Waals surface area contributed by atoms with E-state index in [2.05, 4.69) is 25.1 Å². The van der Waals surface area contributed by atoms with Crippen molar-refractivity contribution in [3.63, 3.8) is 0 Å². The fourth-order valence-corrected chi connectivity index (χ4v) is 2.78. The highest BCUT2D eigenvalue weighted by molar-refractivity contribution is 5.48. The number of aromatic nitrogens is 4. The van der Waals surface area contributed by atoms with E-state index < -0.39 is 47.2 Å². The Balaban J connectivity index is 2.05. The van der Waals surface area contributed by atoms with Crippen molar-refractivity contribution in [3.8, 4) is 5.75 Å². The van der Waals surface area contributed by atoms with Gasteiger partial charge in [-0.05, 0) is 31.5 Å². The summed E-state index contributed by atoms with van der Waals surface area (Å²) in [5, 5.41) is 16.9. The summed E-state index contributed by atoms with van der Waals surface area (Å²) >= 11 is 0. The molecule has 31 heavy (non-hydrogen) atoms. The fraction of sp³-hybridized carbons (Fsp3) is 0.353. The van der Waals surface area contributed by atoms with Crippen LogP contribution in [0, 0.1) is 5.82 Å². The van der Waals surface area contributed by atoms with E-state index in [1.807, 2.05) is 0 Å². The molecule has 14 heteroatoms. The van der Waals surface area contributed by atoms with Crippen LogP contribution in [0.1, 0.15) is 31.1 Å². The summed E-state index contributed by atoms with van der Waals surface area (Å²) in [4.78, 5) is 6.96. The summed E-state index contributed by atoms with van der Waals surface area (Å²) in [7, 11) is 0. The number of nitrogens with one attached hydrogen (secondary N) is 1. The van der Waals surface area contributed by atoms with Crippen molar-refractivity contribution in [2.24, 2.45) is 0 Å². The number of rotatable bonds is 5. The molecule has 0 unspecified atom stereocenters. The third kappa shape index (κ3) is 5.13. The molecule has 0 spiro atoms. The predicted molar refractivity (Wildman–Crippen MR) is 91.5 cm³/mol.